The number of rotatable bonds is 6. The van der Waals surface area contributed by atoms with E-state index in [0.29, 0.717) is 12.8 Å². The van der Waals surface area contributed by atoms with Crippen LogP contribution in [0.2, 0.25) is 0 Å². The van der Waals surface area contributed by atoms with Crippen molar-refractivity contribution in [3.63, 3.8) is 0 Å². The van der Waals surface area contributed by atoms with Gasteiger partial charge in [0.1, 0.15) is 0 Å². The molecule has 2 rings (SSSR count). The molecule has 3 heteroatoms. The van der Waals surface area contributed by atoms with E-state index in [-0.39, 0.29) is 6.61 Å². The fourth-order valence-electron chi connectivity index (χ4n) is 2.37. The van der Waals surface area contributed by atoms with Crippen LogP contribution < -0.4 is 0 Å². The SMILES string of the molecule is O=C(O)C(CO)(Cc1ccccc1)Cc1ccccc1. The number of carboxylic acid groups (broad SMARTS) is 1. The average molecular weight is 270 g/mol. The minimum absolute atomic E-state index is 0.314. The third-order valence-corrected chi connectivity index (χ3v) is 3.53. The molecule has 104 valence electrons. The molecule has 3 nitrogen and oxygen atoms in total. The maximum Gasteiger partial charge on any atom is 0.312 e. The van der Waals surface area contributed by atoms with Gasteiger partial charge in [-0.3, -0.25) is 4.79 Å². The van der Waals surface area contributed by atoms with Crippen LogP contribution in [-0.2, 0) is 17.6 Å². The number of carboxylic acids is 1. The lowest BCUT2D eigenvalue weighted by atomic mass is 9.77. The van der Waals surface area contributed by atoms with Gasteiger partial charge in [0.15, 0.2) is 0 Å². The smallest absolute Gasteiger partial charge is 0.312 e. The number of benzene rings is 2. The first kappa shape index (κ1) is 14.3. The zero-order chi connectivity index (χ0) is 14.4. The first-order valence-corrected chi connectivity index (χ1v) is 6.58. The van der Waals surface area contributed by atoms with Crippen LogP contribution >= 0.6 is 0 Å². The monoisotopic (exact) mass is 270 g/mol. The maximum atomic E-state index is 11.7. The van der Waals surface area contributed by atoms with Gasteiger partial charge in [-0.15, -0.1) is 0 Å². The first-order valence-electron chi connectivity index (χ1n) is 6.58. The predicted octanol–water partition coefficient (Wildman–Crippen LogP) is 2.54. The summed E-state index contributed by atoms with van der Waals surface area (Å²) in [5.41, 5.74) is 0.655. The maximum absolute atomic E-state index is 11.7. The molecular formula is C17H18O3. The van der Waals surface area contributed by atoms with E-state index in [9.17, 15) is 15.0 Å². The normalized spacial score (nSPS) is 11.2. The zero-order valence-electron chi connectivity index (χ0n) is 11.2. The van der Waals surface area contributed by atoms with E-state index in [0.717, 1.165) is 11.1 Å². The molecule has 0 radical (unpaired) electrons. The number of hydrogen-bond donors (Lipinski definition) is 2. The van der Waals surface area contributed by atoms with Gasteiger partial charge in [0, 0.05) is 0 Å². The number of aliphatic carboxylic acids is 1. The Morgan fingerprint density at radius 3 is 1.55 bits per heavy atom. The summed E-state index contributed by atoms with van der Waals surface area (Å²) in [6.07, 6.45) is 0.628. The zero-order valence-corrected chi connectivity index (χ0v) is 11.2. The van der Waals surface area contributed by atoms with Crippen LogP contribution in [0.1, 0.15) is 11.1 Å². The van der Waals surface area contributed by atoms with Gasteiger partial charge in [-0.25, -0.2) is 0 Å². The molecule has 2 aromatic carbocycles. The van der Waals surface area contributed by atoms with E-state index >= 15 is 0 Å². The fourth-order valence-corrected chi connectivity index (χ4v) is 2.37. The van der Waals surface area contributed by atoms with Gasteiger partial charge < -0.3 is 10.2 Å². The van der Waals surface area contributed by atoms with Gasteiger partial charge in [-0.05, 0) is 24.0 Å². The second-order valence-electron chi connectivity index (χ2n) is 5.07. The van der Waals surface area contributed by atoms with E-state index in [2.05, 4.69) is 0 Å². The molecule has 0 amide bonds. The number of aliphatic hydroxyl groups is 1. The van der Waals surface area contributed by atoms with Gasteiger partial charge in [0.05, 0.1) is 12.0 Å². The van der Waals surface area contributed by atoms with Crippen molar-refractivity contribution in [2.24, 2.45) is 5.41 Å². The topological polar surface area (TPSA) is 57.5 Å². The molecule has 0 aliphatic carbocycles. The lowest BCUT2D eigenvalue weighted by molar-refractivity contribution is -0.151. The Labute approximate surface area is 118 Å². The Hall–Kier alpha value is -2.13. The summed E-state index contributed by atoms with van der Waals surface area (Å²) in [6.45, 7) is -0.383. The highest BCUT2D eigenvalue weighted by atomic mass is 16.4. The molecule has 0 aliphatic rings. The molecule has 0 saturated carbocycles. The van der Waals surface area contributed by atoms with Gasteiger partial charge in [-0.2, -0.15) is 0 Å². The highest BCUT2D eigenvalue weighted by molar-refractivity contribution is 5.75. The van der Waals surface area contributed by atoms with E-state index in [4.69, 9.17) is 0 Å². The summed E-state index contributed by atoms with van der Waals surface area (Å²) in [6, 6.07) is 18.8. The number of hydrogen-bond acceptors (Lipinski definition) is 2. The molecule has 0 aliphatic heterocycles. The quantitative estimate of drug-likeness (QED) is 0.848. The van der Waals surface area contributed by atoms with E-state index in [1.165, 1.54) is 0 Å². The van der Waals surface area contributed by atoms with Crippen molar-refractivity contribution >= 4 is 5.97 Å². The molecule has 0 bridgehead atoms. The van der Waals surface area contributed by atoms with Crippen molar-refractivity contribution in [2.45, 2.75) is 12.8 Å². The Morgan fingerprint density at radius 2 is 1.25 bits per heavy atom. The van der Waals surface area contributed by atoms with Crippen LogP contribution in [0.25, 0.3) is 0 Å². The largest absolute Gasteiger partial charge is 0.481 e. The Kier molecular flexibility index (Phi) is 4.53. The fraction of sp³-hybridized carbons (Fsp3) is 0.235. The van der Waals surface area contributed by atoms with Crippen molar-refractivity contribution < 1.29 is 15.0 Å². The van der Waals surface area contributed by atoms with Crippen molar-refractivity contribution in [1.82, 2.24) is 0 Å². The summed E-state index contributed by atoms with van der Waals surface area (Å²) in [5.74, 6) is -0.965. The van der Waals surface area contributed by atoms with Crippen molar-refractivity contribution in [2.75, 3.05) is 6.61 Å². The summed E-state index contributed by atoms with van der Waals surface area (Å²) in [4.78, 5) is 11.7. The lowest BCUT2D eigenvalue weighted by Crippen LogP contribution is -2.39. The standard InChI is InChI=1S/C17H18O3/c18-13-17(16(19)20,11-14-7-3-1-4-8-14)12-15-9-5-2-6-10-15/h1-10,18H,11-13H2,(H,19,20). The summed E-state index contributed by atoms with van der Waals surface area (Å²) >= 11 is 0. The van der Waals surface area contributed by atoms with E-state index in [1.54, 1.807) is 0 Å². The molecular weight excluding hydrogens is 252 g/mol. The van der Waals surface area contributed by atoms with E-state index < -0.39 is 11.4 Å². The average Bonchev–Trinajstić information content (AvgIpc) is 2.48. The first-order chi connectivity index (χ1) is 9.66. The second kappa shape index (κ2) is 6.35. The molecule has 0 aromatic heterocycles. The molecule has 0 spiro atoms. The lowest BCUT2D eigenvalue weighted by Gasteiger charge is -2.27. The minimum Gasteiger partial charge on any atom is -0.481 e. The third kappa shape index (κ3) is 3.25. The molecule has 0 fully saturated rings. The summed E-state index contributed by atoms with van der Waals surface area (Å²) in [7, 11) is 0. The minimum atomic E-state index is -1.18. The number of aliphatic hydroxyl groups excluding tert-OH is 1. The Morgan fingerprint density at radius 1 is 0.850 bits per heavy atom. The van der Waals surface area contributed by atoms with Gasteiger partial charge >= 0.3 is 5.97 Å². The molecule has 0 saturated heterocycles. The predicted molar refractivity (Wildman–Crippen MR) is 77.4 cm³/mol. The Bertz CT molecular complexity index is 507. The van der Waals surface area contributed by atoms with Gasteiger partial charge in [0.2, 0.25) is 0 Å². The third-order valence-electron chi connectivity index (χ3n) is 3.53. The Balaban J connectivity index is 2.28. The van der Waals surface area contributed by atoms with Crippen LogP contribution in [-0.4, -0.2) is 22.8 Å². The molecule has 0 heterocycles. The van der Waals surface area contributed by atoms with Gasteiger partial charge in [0.25, 0.3) is 0 Å². The molecule has 2 N–H and O–H groups in total. The van der Waals surface area contributed by atoms with Crippen LogP contribution in [0, 0.1) is 5.41 Å². The summed E-state index contributed by atoms with van der Waals surface area (Å²) in [5, 5.41) is 19.3. The molecule has 0 atom stereocenters. The van der Waals surface area contributed by atoms with Gasteiger partial charge in [-0.1, -0.05) is 60.7 Å². The highest BCUT2D eigenvalue weighted by Gasteiger charge is 2.38. The highest BCUT2D eigenvalue weighted by Crippen LogP contribution is 2.28. The molecule has 0 unspecified atom stereocenters. The van der Waals surface area contributed by atoms with E-state index in [1.807, 2.05) is 60.7 Å². The molecule has 20 heavy (non-hydrogen) atoms. The summed E-state index contributed by atoms with van der Waals surface area (Å²) < 4.78 is 0. The van der Waals surface area contributed by atoms with Crippen molar-refractivity contribution in [3.05, 3.63) is 71.8 Å². The number of carbonyl (C=O) groups is 1. The molecule has 2 aromatic rings. The van der Waals surface area contributed by atoms with Crippen LogP contribution in [0.15, 0.2) is 60.7 Å². The van der Waals surface area contributed by atoms with Crippen LogP contribution in [0.5, 0.6) is 0 Å². The van der Waals surface area contributed by atoms with Crippen molar-refractivity contribution in [1.29, 1.82) is 0 Å². The van der Waals surface area contributed by atoms with Crippen LogP contribution in [0.4, 0.5) is 0 Å². The van der Waals surface area contributed by atoms with Crippen LogP contribution in [0.3, 0.4) is 0 Å². The van der Waals surface area contributed by atoms with Crippen molar-refractivity contribution in [3.8, 4) is 0 Å². The second-order valence-corrected chi connectivity index (χ2v) is 5.07.